The van der Waals surface area contributed by atoms with Crippen molar-refractivity contribution in [3.8, 4) is 0 Å². The van der Waals surface area contributed by atoms with Gasteiger partial charge < -0.3 is 5.32 Å². The maximum atomic E-state index is 11.7. The lowest BCUT2D eigenvalue weighted by molar-refractivity contribution is -0.116. The Balaban J connectivity index is 1.75. The summed E-state index contributed by atoms with van der Waals surface area (Å²) in [4.78, 5) is 11.7. The van der Waals surface area contributed by atoms with Crippen molar-refractivity contribution >= 4 is 17.7 Å². The maximum absolute atomic E-state index is 11.7. The van der Waals surface area contributed by atoms with Crippen LogP contribution in [0.4, 0.5) is 5.69 Å². The molecule has 0 saturated carbocycles. The summed E-state index contributed by atoms with van der Waals surface area (Å²) < 4.78 is 0. The van der Waals surface area contributed by atoms with Crippen molar-refractivity contribution in [2.75, 3.05) is 5.32 Å². The monoisotopic (exact) mass is 265 g/mol. The minimum Gasteiger partial charge on any atom is -0.326 e. The highest BCUT2D eigenvalue weighted by atomic mass is 16.1. The van der Waals surface area contributed by atoms with Gasteiger partial charge in [-0.05, 0) is 31.0 Å². The third kappa shape index (κ3) is 4.73. The second-order valence-electron chi connectivity index (χ2n) is 4.77. The van der Waals surface area contributed by atoms with Gasteiger partial charge in [-0.15, -0.1) is 0 Å². The molecule has 2 rings (SSSR count). The van der Waals surface area contributed by atoms with Crippen LogP contribution in [0.1, 0.15) is 24.0 Å². The van der Waals surface area contributed by atoms with Crippen LogP contribution < -0.4 is 5.32 Å². The van der Waals surface area contributed by atoms with Gasteiger partial charge >= 0.3 is 0 Å². The van der Waals surface area contributed by atoms with Crippen molar-refractivity contribution in [3.05, 3.63) is 71.8 Å². The molecule has 2 heteroatoms. The molecule has 2 nitrogen and oxygen atoms in total. The van der Waals surface area contributed by atoms with Gasteiger partial charge in [0, 0.05) is 12.1 Å². The zero-order valence-corrected chi connectivity index (χ0v) is 11.7. The number of aryl methyl sites for hydroxylation is 1. The molecular formula is C18H19NO. The fourth-order valence-electron chi connectivity index (χ4n) is 1.86. The first kappa shape index (κ1) is 14.1. The Morgan fingerprint density at radius 2 is 1.75 bits per heavy atom. The summed E-state index contributed by atoms with van der Waals surface area (Å²) in [5, 5.41) is 2.88. The zero-order chi connectivity index (χ0) is 14.2. The average molecular weight is 265 g/mol. The third-order valence-electron chi connectivity index (χ3n) is 2.98. The smallest absolute Gasteiger partial charge is 0.224 e. The molecule has 0 heterocycles. The fraction of sp³-hybridized carbons (Fsp3) is 0.167. The summed E-state index contributed by atoms with van der Waals surface area (Å²) in [6, 6.07) is 17.9. The van der Waals surface area contributed by atoms with Crippen LogP contribution in [-0.4, -0.2) is 5.91 Å². The predicted molar refractivity (Wildman–Crippen MR) is 84.5 cm³/mol. The number of hydrogen-bond donors (Lipinski definition) is 1. The lowest BCUT2D eigenvalue weighted by Crippen LogP contribution is -2.10. The second-order valence-corrected chi connectivity index (χ2v) is 4.77. The molecule has 1 N–H and O–H groups in total. The van der Waals surface area contributed by atoms with Crippen molar-refractivity contribution in [2.45, 2.75) is 19.8 Å². The lowest BCUT2D eigenvalue weighted by Gasteiger charge is -2.03. The van der Waals surface area contributed by atoms with Crippen molar-refractivity contribution in [2.24, 2.45) is 0 Å². The van der Waals surface area contributed by atoms with E-state index < -0.39 is 0 Å². The number of carbonyl (C=O) groups is 1. The molecule has 0 aromatic heterocycles. The van der Waals surface area contributed by atoms with Gasteiger partial charge in [0.25, 0.3) is 0 Å². The minimum atomic E-state index is 0.0461. The largest absolute Gasteiger partial charge is 0.326 e. The first-order valence-corrected chi connectivity index (χ1v) is 6.82. The summed E-state index contributed by atoms with van der Waals surface area (Å²) in [5.41, 5.74) is 3.27. The molecule has 102 valence electrons. The van der Waals surface area contributed by atoms with Crippen LogP contribution in [0, 0.1) is 6.92 Å². The number of carbonyl (C=O) groups excluding carboxylic acids is 1. The number of nitrogens with one attached hydrogen (secondary N) is 1. The summed E-state index contributed by atoms with van der Waals surface area (Å²) in [6.07, 6.45) is 5.33. The van der Waals surface area contributed by atoms with Gasteiger partial charge in [0.2, 0.25) is 5.91 Å². The van der Waals surface area contributed by atoms with E-state index >= 15 is 0 Å². The zero-order valence-electron chi connectivity index (χ0n) is 11.7. The van der Waals surface area contributed by atoms with Crippen LogP contribution in [0.3, 0.4) is 0 Å². The summed E-state index contributed by atoms with van der Waals surface area (Å²) in [7, 11) is 0. The number of allylic oxidation sites excluding steroid dienone is 1. The molecule has 0 spiro atoms. The van der Waals surface area contributed by atoms with E-state index in [0.717, 1.165) is 12.1 Å². The van der Waals surface area contributed by atoms with E-state index in [9.17, 15) is 4.79 Å². The van der Waals surface area contributed by atoms with Gasteiger partial charge in [-0.1, -0.05) is 60.2 Å². The first-order chi connectivity index (χ1) is 9.74. The number of benzene rings is 2. The highest BCUT2D eigenvalue weighted by Gasteiger charge is 1.99. The van der Waals surface area contributed by atoms with Crippen LogP contribution >= 0.6 is 0 Å². The van der Waals surface area contributed by atoms with Crippen LogP contribution in [-0.2, 0) is 4.79 Å². The quantitative estimate of drug-likeness (QED) is 0.851. The molecule has 0 atom stereocenters. The molecule has 2 aromatic rings. The molecule has 0 aliphatic heterocycles. The summed E-state index contributed by atoms with van der Waals surface area (Å²) in [5.74, 6) is 0.0461. The summed E-state index contributed by atoms with van der Waals surface area (Å²) >= 11 is 0. The van der Waals surface area contributed by atoms with E-state index in [1.807, 2.05) is 36.4 Å². The number of amides is 1. The van der Waals surface area contributed by atoms with E-state index in [2.05, 4.69) is 42.6 Å². The van der Waals surface area contributed by atoms with Crippen LogP contribution in [0.5, 0.6) is 0 Å². The number of anilines is 1. The molecule has 0 radical (unpaired) electrons. The topological polar surface area (TPSA) is 29.1 Å². The van der Waals surface area contributed by atoms with Gasteiger partial charge in [-0.2, -0.15) is 0 Å². The molecule has 20 heavy (non-hydrogen) atoms. The fourth-order valence-corrected chi connectivity index (χ4v) is 1.86. The minimum absolute atomic E-state index is 0.0461. The maximum Gasteiger partial charge on any atom is 0.224 e. The Labute approximate surface area is 120 Å². The standard InChI is InChI=1S/C18H19NO/c1-15-11-13-16(14-12-15)7-5-6-10-18(20)19-17-8-3-2-4-9-17/h2-5,7-9,11-14H,6,10H2,1H3,(H,19,20)/b7-5+. The molecule has 2 aromatic carbocycles. The SMILES string of the molecule is Cc1ccc(/C=C/CCC(=O)Nc2ccccc2)cc1. The van der Waals surface area contributed by atoms with Crippen molar-refractivity contribution in [3.63, 3.8) is 0 Å². The Hall–Kier alpha value is -2.35. The molecule has 0 aliphatic rings. The number of hydrogen-bond acceptors (Lipinski definition) is 1. The molecule has 0 bridgehead atoms. The Kier molecular flexibility index (Phi) is 5.13. The predicted octanol–water partition coefficient (Wildman–Crippen LogP) is 4.43. The van der Waals surface area contributed by atoms with Crippen molar-refractivity contribution in [1.82, 2.24) is 0 Å². The molecule has 0 unspecified atom stereocenters. The van der Waals surface area contributed by atoms with Gasteiger partial charge in [-0.25, -0.2) is 0 Å². The molecule has 0 fully saturated rings. The van der Waals surface area contributed by atoms with Crippen LogP contribution in [0.2, 0.25) is 0 Å². The van der Waals surface area contributed by atoms with Crippen molar-refractivity contribution < 1.29 is 4.79 Å². The second kappa shape index (κ2) is 7.29. The highest BCUT2D eigenvalue weighted by molar-refractivity contribution is 5.90. The molecule has 1 amide bonds. The number of para-hydroxylation sites is 1. The van der Waals surface area contributed by atoms with E-state index in [1.165, 1.54) is 11.1 Å². The highest BCUT2D eigenvalue weighted by Crippen LogP contribution is 2.08. The van der Waals surface area contributed by atoms with Gasteiger partial charge in [0.15, 0.2) is 0 Å². The van der Waals surface area contributed by atoms with E-state index in [1.54, 1.807) is 0 Å². The first-order valence-electron chi connectivity index (χ1n) is 6.82. The van der Waals surface area contributed by atoms with E-state index in [4.69, 9.17) is 0 Å². The lowest BCUT2D eigenvalue weighted by atomic mass is 10.1. The molecular weight excluding hydrogens is 246 g/mol. The van der Waals surface area contributed by atoms with Crippen LogP contribution in [0.15, 0.2) is 60.7 Å². The van der Waals surface area contributed by atoms with Gasteiger partial charge in [0.05, 0.1) is 0 Å². The Bertz CT molecular complexity index is 570. The van der Waals surface area contributed by atoms with Crippen molar-refractivity contribution in [1.29, 1.82) is 0 Å². The molecule has 0 saturated heterocycles. The van der Waals surface area contributed by atoms with E-state index in [-0.39, 0.29) is 5.91 Å². The summed E-state index contributed by atoms with van der Waals surface area (Å²) in [6.45, 7) is 2.07. The average Bonchev–Trinajstić information content (AvgIpc) is 2.46. The van der Waals surface area contributed by atoms with Gasteiger partial charge in [-0.3, -0.25) is 4.79 Å². The Morgan fingerprint density at radius 1 is 1.05 bits per heavy atom. The van der Waals surface area contributed by atoms with Gasteiger partial charge in [0.1, 0.15) is 0 Å². The van der Waals surface area contributed by atoms with Crippen LogP contribution in [0.25, 0.3) is 6.08 Å². The Morgan fingerprint density at radius 3 is 2.45 bits per heavy atom. The van der Waals surface area contributed by atoms with E-state index in [0.29, 0.717) is 6.42 Å². The number of rotatable bonds is 5. The molecule has 0 aliphatic carbocycles. The normalized spacial score (nSPS) is 10.7. The third-order valence-corrected chi connectivity index (χ3v) is 2.98.